The Bertz CT molecular complexity index is 1110. The van der Waals surface area contributed by atoms with Crippen molar-refractivity contribution < 1.29 is 19.2 Å². The normalized spacial score (nSPS) is 31.9. The second kappa shape index (κ2) is 10.2. The second-order valence-electron chi connectivity index (χ2n) is 11.9. The van der Waals surface area contributed by atoms with E-state index in [1.165, 1.54) is 64.3 Å². The number of nitrogens with one attached hydrogen (secondary N) is 2. The molecule has 4 bridgehead atoms. The summed E-state index contributed by atoms with van der Waals surface area (Å²) < 4.78 is 0. The van der Waals surface area contributed by atoms with E-state index in [9.17, 15) is 19.2 Å². The molecule has 0 aromatic heterocycles. The van der Waals surface area contributed by atoms with Gasteiger partial charge in [-0.05, 0) is 99.6 Å². The summed E-state index contributed by atoms with van der Waals surface area (Å²) in [6.07, 6.45) is 13.8. The van der Waals surface area contributed by atoms with Crippen LogP contribution in [0.3, 0.4) is 0 Å². The first-order chi connectivity index (χ1) is 17.9. The molecule has 4 saturated carbocycles. The second-order valence-corrected chi connectivity index (χ2v) is 13.1. The van der Waals surface area contributed by atoms with Crippen LogP contribution in [0.5, 0.6) is 0 Å². The van der Waals surface area contributed by atoms with Crippen molar-refractivity contribution in [1.29, 1.82) is 0 Å². The summed E-state index contributed by atoms with van der Waals surface area (Å²) in [5.74, 6) is 2.12. The predicted molar refractivity (Wildman–Crippen MR) is 141 cm³/mol. The van der Waals surface area contributed by atoms with Crippen molar-refractivity contribution in [3.05, 3.63) is 29.3 Å². The van der Waals surface area contributed by atoms with E-state index in [2.05, 4.69) is 10.6 Å². The zero-order valence-corrected chi connectivity index (χ0v) is 22.2. The minimum atomic E-state index is -0.917. The first-order valence-corrected chi connectivity index (χ1v) is 15.2. The summed E-state index contributed by atoms with van der Waals surface area (Å²) in [5, 5.41) is 6.23. The van der Waals surface area contributed by atoms with Crippen LogP contribution in [0, 0.1) is 17.8 Å². The average molecular weight is 524 g/mol. The maximum atomic E-state index is 13.0. The van der Waals surface area contributed by atoms with Gasteiger partial charge in [-0.25, -0.2) is 0 Å². The van der Waals surface area contributed by atoms with Gasteiger partial charge in [-0.2, -0.15) is 0 Å². The highest BCUT2D eigenvalue weighted by Gasteiger charge is 2.57. The van der Waals surface area contributed by atoms with Crippen molar-refractivity contribution in [3.8, 4) is 0 Å². The molecule has 7 nitrogen and oxygen atoms in total. The Morgan fingerprint density at radius 3 is 2.43 bits per heavy atom. The van der Waals surface area contributed by atoms with Crippen LogP contribution in [-0.4, -0.2) is 52.4 Å². The van der Waals surface area contributed by atoms with E-state index in [4.69, 9.17) is 0 Å². The molecule has 3 unspecified atom stereocenters. The van der Waals surface area contributed by atoms with Crippen molar-refractivity contribution in [3.63, 3.8) is 0 Å². The number of imide groups is 2. The number of hydrogen-bond acceptors (Lipinski definition) is 6. The Morgan fingerprint density at radius 2 is 1.65 bits per heavy atom. The number of carbonyl (C=O) groups is 4. The Kier molecular flexibility index (Phi) is 6.90. The number of hydrogen-bond donors (Lipinski definition) is 2. The van der Waals surface area contributed by atoms with Crippen LogP contribution in [0.1, 0.15) is 97.8 Å². The van der Waals surface area contributed by atoms with Crippen LogP contribution in [0.15, 0.2) is 23.1 Å². The van der Waals surface area contributed by atoms with Gasteiger partial charge in [-0.3, -0.25) is 29.4 Å². The highest BCUT2D eigenvalue weighted by molar-refractivity contribution is 7.99. The third-order valence-corrected chi connectivity index (χ3v) is 10.5. The first kappa shape index (κ1) is 25.1. The predicted octanol–water partition coefficient (Wildman–Crippen LogP) is 4.30. The molecule has 7 rings (SSSR count). The van der Waals surface area contributed by atoms with Crippen molar-refractivity contribution in [2.45, 2.75) is 93.5 Å². The largest absolute Gasteiger partial charge is 0.311 e. The van der Waals surface area contributed by atoms with Gasteiger partial charge in [-0.15, -0.1) is 11.8 Å². The van der Waals surface area contributed by atoms with Crippen molar-refractivity contribution in [1.82, 2.24) is 15.5 Å². The van der Waals surface area contributed by atoms with E-state index in [0.717, 1.165) is 39.7 Å². The molecule has 4 aliphatic carbocycles. The fourth-order valence-electron chi connectivity index (χ4n) is 7.91. The molecule has 3 atom stereocenters. The minimum absolute atomic E-state index is 0.128. The monoisotopic (exact) mass is 523 g/mol. The van der Waals surface area contributed by atoms with Gasteiger partial charge < -0.3 is 5.32 Å². The van der Waals surface area contributed by atoms with Gasteiger partial charge in [-0.1, -0.05) is 19.3 Å². The SMILES string of the molecule is O=C1CCC(N2C(=O)c3ccc(SCCCCCCCNC45CC6CC(CC4C6)C5)cc3C2=O)C(=O)N1. The summed E-state index contributed by atoms with van der Waals surface area (Å²) >= 11 is 1.71. The average Bonchev–Trinajstić information content (AvgIpc) is 3.37. The molecule has 2 N–H and O–H groups in total. The van der Waals surface area contributed by atoms with Crippen LogP contribution >= 0.6 is 11.8 Å². The lowest BCUT2D eigenvalue weighted by molar-refractivity contribution is -0.136. The fraction of sp³-hybridized carbons (Fsp3) is 0.655. The number of unbranched alkanes of at least 4 members (excludes halogenated alkanes) is 4. The van der Waals surface area contributed by atoms with Gasteiger partial charge in [0.05, 0.1) is 11.1 Å². The van der Waals surface area contributed by atoms with Gasteiger partial charge in [0.1, 0.15) is 6.04 Å². The molecule has 0 spiro atoms. The zero-order chi connectivity index (χ0) is 25.6. The molecule has 37 heavy (non-hydrogen) atoms. The quantitative estimate of drug-likeness (QED) is 0.255. The van der Waals surface area contributed by atoms with E-state index in [0.29, 0.717) is 16.7 Å². The Balaban J connectivity index is 0.902. The van der Waals surface area contributed by atoms with E-state index in [-0.39, 0.29) is 18.7 Å². The zero-order valence-electron chi connectivity index (χ0n) is 21.4. The van der Waals surface area contributed by atoms with Crippen molar-refractivity contribution >= 4 is 35.4 Å². The molecule has 0 radical (unpaired) electrons. The molecule has 8 heteroatoms. The van der Waals surface area contributed by atoms with Gasteiger partial charge in [0.2, 0.25) is 11.8 Å². The lowest BCUT2D eigenvalue weighted by Gasteiger charge is -2.34. The van der Waals surface area contributed by atoms with Gasteiger partial charge in [0.25, 0.3) is 11.8 Å². The summed E-state index contributed by atoms with van der Waals surface area (Å²) in [6, 6.07) is 4.44. The molecule has 2 heterocycles. The third kappa shape index (κ3) is 4.76. The smallest absolute Gasteiger partial charge is 0.262 e. The molecule has 2 aliphatic heterocycles. The number of thioether (sulfide) groups is 1. The lowest BCUT2D eigenvalue weighted by Crippen LogP contribution is -2.54. The van der Waals surface area contributed by atoms with E-state index >= 15 is 0 Å². The van der Waals surface area contributed by atoms with Crippen LogP contribution in [0.2, 0.25) is 0 Å². The number of piperidine rings is 1. The van der Waals surface area contributed by atoms with Gasteiger partial charge in [0, 0.05) is 16.9 Å². The molecule has 1 aromatic carbocycles. The molecular formula is C29H37N3O4S. The van der Waals surface area contributed by atoms with Crippen LogP contribution in [0.4, 0.5) is 0 Å². The highest BCUT2D eigenvalue weighted by Crippen LogP contribution is 2.60. The number of nitrogens with zero attached hydrogens (tertiary/aromatic N) is 1. The van der Waals surface area contributed by atoms with E-state index in [1.54, 1.807) is 23.9 Å². The topological polar surface area (TPSA) is 95.6 Å². The lowest BCUT2D eigenvalue weighted by atomic mass is 9.80. The maximum absolute atomic E-state index is 13.0. The molecule has 1 saturated heterocycles. The van der Waals surface area contributed by atoms with E-state index in [1.807, 2.05) is 6.07 Å². The summed E-state index contributed by atoms with van der Waals surface area (Å²) in [4.78, 5) is 51.5. The Morgan fingerprint density at radius 1 is 0.919 bits per heavy atom. The van der Waals surface area contributed by atoms with Crippen LogP contribution < -0.4 is 10.6 Å². The number of carbonyl (C=O) groups excluding carboxylic acids is 4. The first-order valence-electron chi connectivity index (χ1n) is 14.2. The molecule has 198 valence electrons. The van der Waals surface area contributed by atoms with E-state index < -0.39 is 23.8 Å². The van der Waals surface area contributed by atoms with Crippen LogP contribution in [0.25, 0.3) is 0 Å². The van der Waals surface area contributed by atoms with Crippen LogP contribution in [-0.2, 0) is 9.59 Å². The fourth-order valence-corrected chi connectivity index (χ4v) is 8.86. The number of amides is 4. The summed E-state index contributed by atoms with van der Waals surface area (Å²) in [7, 11) is 0. The van der Waals surface area contributed by atoms with Gasteiger partial charge in [0.15, 0.2) is 0 Å². The highest BCUT2D eigenvalue weighted by atomic mass is 32.2. The summed E-state index contributed by atoms with van der Waals surface area (Å²) in [5.41, 5.74) is 1.20. The molecule has 6 aliphatic rings. The maximum Gasteiger partial charge on any atom is 0.262 e. The minimum Gasteiger partial charge on any atom is -0.311 e. The number of benzene rings is 1. The third-order valence-electron chi connectivity index (χ3n) is 9.47. The standard InChI is InChI=1S/C29H37N3O4S/c33-25-9-8-24(26(34)31-25)32-27(35)22-7-6-21(15-23(22)28(32)36)37-11-5-3-1-2-4-10-30-29-16-18-12-19(17-29)14-20(29)13-18/h6-7,15,18-20,24,30H,1-5,8-14,16-17H2,(H,31,33,34). The van der Waals surface area contributed by atoms with Crippen molar-refractivity contribution in [2.75, 3.05) is 12.3 Å². The molecule has 5 fully saturated rings. The Hall–Kier alpha value is -2.19. The summed E-state index contributed by atoms with van der Waals surface area (Å²) in [6.45, 7) is 1.17. The van der Waals surface area contributed by atoms with Gasteiger partial charge >= 0.3 is 0 Å². The van der Waals surface area contributed by atoms with Crippen molar-refractivity contribution in [2.24, 2.45) is 17.8 Å². The number of fused-ring (bicyclic) bond motifs is 1. The molecule has 1 aromatic rings. The molecular weight excluding hydrogens is 486 g/mol. The molecule has 4 amide bonds. The Labute approximate surface area is 222 Å². The number of rotatable bonds is 11.